The zero-order valence-electron chi connectivity index (χ0n) is 16.4. The summed E-state index contributed by atoms with van der Waals surface area (Å²) in [6.07, 6.45) is 3.11. The molecule has 0 N–H and O–H groups in total. The first-order chi connectivity index (χ1) is 14.7. The SMILES string of the molecule is COc1cccc(-n2c(-c3ccco3)nc3c(cnn3-c3ccccc3C)c2=O)c1. The van der Waals surface area contributed by atoms with Crippen molar-refractivity contribution >= 4 is 11.0 Å². The van der Waals surface area contributed by atoms with Gasteiger partial charge in [0.1, 0.15) is 11.1 Å². The fourth-order valence-electron chi connectivity index (χ4n) is 3.50. The van der Waals surface area contributed by atoms with E-state index in [1.54, 1.807) is 42.5 Å². The maximum Gasteiger partial charge on any atom is 0.269 e. The number of methoxy groups -OCH3 is 1. The number of benzene rings is 2. The molecule has 0 amide bonds. The second kappa shape index (κ2) is 7.04. The number of nitrogens with zero attached hydrogens (tertiary/aromatic N) is 4. The lowest BCUT2D eigenvalue weighted by molar-refractivity contribution is 0.414. The van der Waals surface area contributed by atoms with Crippen LogP contribution in [-0.4, -0.2) is 26.4 Å². The molecular weight excluding hydrogens is 380 g/mol. The summed E-state index contributed by atoms with van der Waals surface area (Å²) in [6.45, 7) is 1.99. The average molecular weight is 398 g/mol. The molecule has 0 spiro atoms. The molecule has 0 saturated heterocycles. The van der Waals surface area contributed by atoms with E-state index >= 15 is 0 Å². The molecule has 148 valence electrons. The number of hydrogen-bond donors (Lipinski definition) is 0. The summed E-state index contributed by atoms with van der Waals surface area (Å²) >= 11 is 0. The minimum atomic E-state index is -0.237. The maximum absolute atomic E-state index is 13.6. The molecule has 3 aromatic heterocycles. The van der Waals surface area contributed by atoms with Gasteiger partial charge in [0.2, 0.25) is 0 Å². The van der Waals surface area contributed by atoms with Crippen LogP contribution < -0.4 is 10.3 Å². The van der Waals surface area contributed by atoms with Crippen molar-refractivity contribution in [3.8, 4) is 28.7 Å². The number of para-hydroxylation sites is 1. The molecule has 0 aliphatic rings. The van der Waals surface area contributed by atoms with Crippen LogP contribution in [0.1, 0.15) is 5.56 Å². The van der Waals surface area contributed by atoms with Crippen LogP contribution in [0.4, 0.5) is 0 Å². The highest BCUT2D eigenvalue weighted by atomic mass is 16.5. The van der Waals surface area contributed by atoms with Gasteiger partial charge < -0.3 is 9.15 Å². The van der Waals surface area contributed by atoms with Gasteiger partial charge >= 0.3 is 0 Å². The van der Waals surface area contributed by atoms with Crippen LogP contribution in [0.15, 0.2) is 82.3 Å². The van der Waals surface area contributed by atoms with Gasteiger partial charge in [-0.15, -0.1) is 0 Å². The zero-order chi connectivity index (χ0) is 20.7. The van der Waals surface area contributed by atoms with Gasteiger partial charge in [0.25, 0.3) is 5.56 Å². The first-order valence-corrected chi connectivity index (χ1v) is 9.42. The summed E-state index contributed by atoms with van der Waals surface area (Å²) in [5.41, 5.74) is 2.76. The quantitative estimate of drug-likeness (QED) is 0.455. The van der Waals surface area contributed by atoms with Crippen LogP contribution >= 0.6 is 0 Å². The minimum Gasteiger partial charge on any atom is -0.497 e. The smallest absolute Gasteiger partial charge is 0.269 e. The second-order valence-corrected chi connectivity index (χ2v) is 6.83. The lowest BCUT2D eigenvalue weighted by atomic mass is 10.2. The second-order valence-electron chi connectivity index (χ2n) is 6.83. The molecule has 0 bridgehead atoms. The first-order valence-electron chi connectivity index (χ1n) is 9.42. The number of rotatable bonds is 4. The van der Waals surface area contributed by atoms with E-state index in [0.717, 1.165) is 11.3 Å². The molecular formula is C23H18N4O3. The maximum atomic E-state index is 13.6. The standard InChI is InChI=1S/C23H18N4O3/c1-15-7-3-4-10-19(15)27-21-18(14-24-27)23(28)26(16-8-5-9-17(13-16)29-2)22(25-21)20-11-6-12-30-20/h3-14H,1-2H3. The van der Waals surface area contributed by atoms with Gasteiger partial charge in [0, 0.05) is 6.07 Å². The molecule has 0 saturated carbocycles. The molecule has 5 aromatic rings. The zero-order valence-corrected chi connectivity index (χ0v) is 16.4. The van der Waals surface area contributed by atoms with Crippen molar-refractivity contribution in [2.75, 3.05) is 7.11 Å². The van der Waals surface area contributed by atoms with Crippen LogP contribution in [0.25, 0.3) is 34.0 Å². The largest absolute Gasteiger partial charge is 0.497 e. The summed E-state index contributed by atoms with van der Waals surface area (Å²) in [6, 6.07) is 18.6. The van der Waals surface area contributed by atoms with Crippen LogP contribution in [0.5, 0.6) is 5.75 Å². The lowest BCUT2D eigenvalue weighted by Crippen LogP contribution is -2.22. The topological polar surface area (TPSA) is 75.1 Å². The Morgan fingerprint density at radius 3 is 2.67 bits per heavy atom. The third-order valence-electron chi connectivity index (χ3n) is 5.00. The first kappa shape index (κ1) is 17.9. The van der Waals surface area contributed by atoms with Crippen LogP contribution in [0.2, 0.25) is 0 Å². The number of aryl methyl sites for hydroxylation is 1. The predicted molar refractivity (Wildman–Crippen MR) is 113 cm³/mol. The Morgan fingerprint density at radius 1 is 1.03 bits per heavy atom. The summed E-state index contributed by atoms with van der Waals surface area (Å²) in [5.74, 6) is 1.51. The Labute approximate surface area is 171 Å². The third-order valence-corrected chi connectivity index (χ3v) is 5.00. The molecule has 7 heteroatoms. The summed E-state index contributed by atoms with van der Waals surface area (Å²) in [5, 5.41) is 4.88. The Balaban J connectivity index is 1.85. The molecule has 7 nitrogen and oxygen atoms in total. The van der Waals surface area contributed by atoms with E-state index in [0.29, 0.717) is 34.1 Å². The summed E-state index contributed by atoms with van der Waals surface area (Å²) < 4.78 is 14.1. The highest BCUT2D eigenvalue weighted by Gasteiger charge is 2.20. The van der Waals surface area contributed by atoms with Gasteiger partial charge in [0.05, 0.1) is 30.9 Å². The number of aromatic nitrogens is 4. The molecule has 3 heterocycles. The van der Waals surface area contributed by atoms with Crippen molar-refractivity contribution in [3.05, 3.63) is 89.0 Å². The fourth-order valence-corrected chi connectivity index (χ4v) is 3.50. The van der Waals surface area contributed by atoms with Crippen molar-refractivity contribution in [3.63, 3.8) is 0 Å². The Bertz CT molecular complexity index is 1410. The molecule has 0 aliphatic heterocycles. The van der Waals surface area contributed by atoms with Crippen LogP contribution in [-0.2, 0) is 0 Å². The van der Waals surface area contributed by atoms with Crippen molar-refractivity contribution in [1.29, 1.82) is 0 Å². The summed E-state index contributed by atoms with van der Waals surface area (Å²) in [7, 11) is 1.59. The Hall–Kier alpha value is -4.13. The van der Waals surface area contributed by atoms with Crippen LogP contribution in [0, 0.1) is 6.92 Å². The van der Waals surface area contributed by atoms with E-state index < -0.39 is 0 Å². The van der Waals surface area contributed by atoms with Gasteiger partial charge in [0.15, 0.2) is 17.2 Å². The molecule has 0 fully saturated rings. The van der Waals surface area contributed by atoms with E-state index in [9.17, 15) is 4.79 Å². The van der Waals surface area contributed by atoms with E-state index in [4.69, 9.17) is 14.1 Å². The molecule has 0 atom stereocenters. The third kappa shape index (κ3) is 2.79. The molecule has 2 aromatic carbocycles. The highest BCUT2D eigenvalue weighted by Crippen LogP contribution is 2.26. The van der Waals surface area contributed by atoms with Crippen molar-refractivity contribution < 1.29 is 9.15 Å². The molecule has 30 heavy (non-hydrogen) atoms. The number of furan rings is 1. The molecule has 5 rings (SSSR count). The van der Waals surface area contributed by atoms with E-state index in [2.05, 4.69) is 5.10 Å². The summed E-state index contributed by atoms with van der Waals surface area (Å²) in [4.78, 5) is 18.4. The molecule has 0 unspecified atom stereocenters. The van der Waals surface area contributed by atoms with Gasteiger partial charge in [-0.25, -0.2) is 9.67 Å². The lowest BCUT2D eigenvalue weighted by Gasteiger charge is -2.13. The highest BCUT2D eigenvalue weighted by molar-refractivity contribution is 5.78. The van der Waals surface area contributed by atoms with Crippen molar-refractivity contribution in [2.45, 2.75) is 6.92 Å². The van der Waals surface area contributed by atoms with E-state index in [1.165, 1.54) is 4.57 Å². The molecule has 0 radical (unpaired) electrons. The molecule has 0 aliphatic carbocycles. The van der Waals surface area contributed by atoms with Crippen LogP contribution in [0.3, 0.4) is 0 Å². The average Bonchev–Trinajstić information content (AvgIpc) is 3.44. The van der Waals surface area contributed by atoms with E-state index in [1.807, 2.05) is 49.4 Å². The minimum absolute atomic E-state index is 0.237. The number of fused-ring (bicyclic) bond motifs is 1. The fraction of sp³-hybridized carbons (Fsp3) is 0.0870. The van der Waals surface area contributed by atoms with Crippen molar-refractivity contribution in [1.82, 2.24) is 19.3 Å². The predicted octanol–water partition coefficient (Wildman–Crippen LogP) is 4.15. The Morgan fingerprint density at radius 2 is 1.90 bits per heavy atom. The van der Waals surface area contributed by atoms with Gasteiger partial charge in [-0.3, -0.25) is 9.36 Å². The monoisotopic (exact) mass is 398 g/mol. The normalized spacial score (nSPS) is 11.1. The number of hydrogen-bond acceptors (Lipinski definition) is 5. The Kier molecular flexibility index (Phi) is 4.21. The van der Waals surface area contributed by atoms with Crippen molar-refractivity contribution in [2.24, 2.45) is 0 Å². The number of ether oxygens (including phenoxy) is 1. The van der Waals surface area contributed by atoms with Gasteiger partial charge in [-0.2, -0.15) is 5.10 Å². The van der Waals surface area contributed by atoms with Gasteiger partial charge in [-0.1, -0.05) is 24.3 Å². The van der Waals surface area contributed by atoms with Gasteiger partial charge in [-0.05, 0) is 42.8 Å². The van der Waals surface area contributed by atoms with E-state index in [-0.39, 0.29) is 5.56 Å².